The largest absolute Gasteiger partial charge is 0.294 e. The number of fused-ring (bicyclic) bond motifs is 1. The SMILES string of the molecule is O=C1CCCc2nc(-c3cccc(Br)c3)ncc21. The van der Waals surface area contributed by atoms with E-state index in [1.807, 2.05) is 24.3 Å². The zero-order valence-corrected chi connectivity index (χ0v) is 11.3. The van der Waals surface area contributed by atoms with Crippen molar-refractivity contribution < 1.29 is 4.79 Å². The van der Waals surface area contributed by atoms with Crippen molar-refractivity contribution in [2.45, 2.75) is 19.3 Å². The van der Waals surface area contributed by atoms with Gasteiger partial charge in [-0.3, -0.25) is 4.79 Å². The Morgan fingerprint density at radius 2 is 2.11 bits per heavy atom. The number of aromatic nitrogens is 2. The van der Waals surface area contributed by atoms with Gasteiger partial charge < -0.3 is 0 Å². The average molecular weight is 303 g/mol. The Balaban J connectivity index is 2.07. The number of aryl methyl sites for hydroxylation is 1. The summed E-state index contributed by atoms with van der Waals surface area (Å²) in [4.78, 5) is 20.5. The van der Waals surface area contributed by atoms with E-state index < -0.39 is 0 Å². The number of hydrogen-bond acceptors (Lipinski definition) is 3. The van der Waals surface area contributed by atoms with Crippen molar-refractivity contribution in [3.8, 4) is 11.4 Å². The number of halogens is 1. The van der Waals surface area contributed by atoms with Crippen molar-refractivity contribution in [3.05, 3.63) is 46.2 Å². The molecule has 1 heterocycles. The van der Waals surface area contributed by atoms with Crippen molar-refractivity contribution in [1.82, 2.24) is 9.97 Å². The molecule has 1 aromatic carbocycles. The molecule has 2 aromatic rings. The molecule has 1 aromatic heterocycles. The summed E-state index contributed by atoms with van der Waals surface area (Å²) in [5.74, 6) is 0.849. The molecule has 0 aliphatic heterocycles. The molecule has 18 heavy (non-hydrogen) atoms. The maximum absolute atomic E-state index is 11.7. The Morgan fingerprint density at radius 3 is 2.94 bits per heavy atom. The second kappa shape index (κ2) is 4.61. The van der Waals surface area contributed by atoms with Gasteiger partial charge in [0.05, 0.1) is 11.3 Å². The lowest BCUT2D eigenvalue weighted by molar-refractivity contribution is 0.0971. The smallest absolute Gasteiger partial charge is 0.166 e. The molecule has 0 saturated heterocycles. The van der Waals surface area contributed by atoms with Gasteiger partial charge in [-0.25, -0.2) is 9.97 Å². The Kier molecular flexibility index (Phi) is 2.96. The van der Waals surface area contributed by atoms with E-state index in [0.29, 0.717) is 17.8 Å². The van der Waals surface area contributed by atoms with Crippen LogP contribution in [0, 0.1) is 0 Å². The summed E-state index contributed by atoms with van der Waals surface area (Å²) in [6, 6.07) is 7.86. The second-order valence-electron chi connectivity index (χ2n) is 4.34. The highest BCUT2D eigenvalue weighted by Gasteiger charge is 2.19. The van der Waals surface area contributed by atoms with Gasteiger partial charge in [-0.1, -0.05) is 28.1 Å². The second-order valence-corrected chi connectivity index (χ2v) is 5.26. The van der Waals surface area contributed by atoms with Crippen LogP contribution >= 0.6 is 15.9 Å². The zero-order valence-electron chi connectivity index (χ0n) is 9.69. The normalized spacial score (nSPS) is 14.4. The number of ketones is 1. The Morgan fingerprint density at radius 1 is 1.22 bits per heavy atom. The minimum atomic E-state index is 0.164. The fourth-order valence-corrected chi connectivity index (χ4v) is 2.56. The molecule has 3 rings (SSSR count). The molecular weight excluding hydrogens is 292 g/mol. The summed E-state index contributed by atoms with van der Waals surface area (Å²) in [6.07, 6.45) is 4.04. The Bertz CT molecular complexity index is 625. The van der Waals surface area contributed by atoms with E-state index in [4.69, 9.17) is 0 Å². The van der Waals surface area contributed by atoms with Gasteiger partial charge in [0.25, 0.3) is 0 Å². The van der Waals surface area contributed by atoms with E-state index in [2.05, 4.69) is 25.9 Å². The van der Waals surface area contributed by atoms with Gasteiger partial charge in [-0.05, 0) is 25.0 Å². The van der Waals surface area contributed by atoms with Crippen LogP contribution < -0.4 is 0 Å². The molecule has 0 N–H and O–H groups in total. The van der Waals surface area contributed by atoms with E-state index in [1.54, 1.807) is 6.20 Å². The molecule has 0 spiro atoms. The van der Waals surface area contributed by atoms with Gasteiger partial charge in [0.2, 0.25) is 0 Å². The van der Waals surface area contributed by atoms with Crippen molar-refractivity contribution in [2.75, 3.05) is 0 Å². The van der Waals surface area contributed by atoms with Crippen molar-refractivity contribution in [3.63, 3.8) is 0 Å². The first-order valence-corrected chi connectivity index (χ1v) is 6.68. The van der Waals surface area contributed by atoms with Crippen LogP contribution in [0.2, 0.25) is 0 Å². The molecular formula is C14H11BrN2O. The van der Waals surface area contributed by atoms with Crippen LogP contribution in [0.5, 0.6) is 0 Å². The number of carbonyl (C=O) groups excluding carboxylic acids is 1. The van der Waals surface area contributed by atoms with E-state index in [1.165, 1.54) is 0 Å². The third kappa shape index (κ3) is 2.08. The summed E-state index contributed by atoms with van der Waals surface area (Å²) < 4.78 is 0.998. The van der Waals surface area contributed by atoms with Crippen LogP contribution in [0.4, 0.5) is 0 Å². The summed E-state index contributed by atoms with van der Waals surface area (Å²) in [6.45, 7) is 0. The van der Waals surface area contributed by atoms with E-state index in [-0.39, 0.29) is 5.78 Å². The molecule has 0 saturated carbocycles. The Hall–Kier alpha value is -1.55. The van der Waals surface area contributed by atoms with Crippen molar-refractivity contribution in [2.24, 2.45) is 0 Å². The van der Waals surface area contributed by atoms with Crippen LogP contribution in [-0.2, 0) is 6.42 Å². The van der Waals surface area contributed by atoms with Gasteiger partial charge in [-0.2, -0.15) is 0 Å². The van der Waals surface area contributed by atoms with Crippen LogP contribution in [0.1, 0.15) is 28.9 Å². The molecule has 1 aliphatic carbocycles. The summed E-state index contributed by atoms with van der Waals surface area (Å²) in [7, 11) is 0. The summed E-state index contributed by atoms with van der Waals surface area (Å²) in [5.41, 5.74) is 2.54. The maximum Gasteiger partial charge on any atom is 0.166 e. The number of carbonyl (C=O) groups is 1. The Labute approximate surface area is 113 Å². The van der Waals surface area contributed by atoms with Crippen molar-refractivity contribution >= 4 is 21.7 Å². The maximum atomic E-state index is 11.7. The first kappa shape index (κ1) is 11.5. The zero-order chi connectivity index (χ0) is 12.5. The monoisotopic (exact) mass is 302 g/mol. The minimum absolute atomic E-state index is 0.164. The topological polar surface area (TPSA) is 42.9 Å². The van der Waals surface area contributed by atoms with Crippen LogP contribution in [0.3, 0.4) is 0 Å². The number of benzene rings is 1. The molecule has 0 radical (unpaired) electrons. The molecule has 0 atom stereocenters. The molecule has 0 bridgehead atoms. The molecule has 90 valence electrons. The number of hydrogen-bond donors (Lipinski definition) is 0. The van der Waals surface area contributed by atoms with E-state index >= 15 is 0 Å². The highest BCUT2D eigenvalue weighted by atomic mass is 79.9. The number of nitrogens with zero attached hydrogens (tertiary/aromatic N) is 2. The number of rotatable bonds is 1. The van der Waals surface area contributed by atoms with E-state index in [0.717, 1.165) is 28.6 Å². The van der Waals surface area contributed by atoms with Gasteiger partial charge >= 0.3 is 0 Å². The van der Waals surface area contributed by atoms with Crippen LogP contribution in [-0.4, -0.2) is 15.8 Å². The highest BCUT2D eigenvalue weighted by Crippen LogP contribution is 2.24. The van der Waals surface area contributed by atoms with E-state index in [9.17, 15) is 4.79 Å². The molecule has 0 amide bonds. The first-order chi connectivity index (χ1) is 8.74. The third-order valence-corrected chi connectivity index (χ3v) is 3.56. The molecule has 0 unspecified atom stereocenters. The first-order valence-electron chi connectivity index (χ1n) is 5.89. The third-order valence-electron chi connectivity index (χ3n) is 3.07. The number of Topliss-reactive ketones (excluding diaryl/α,β-unsaturated/α-hetero) is 1. The lowest BCUT2D eigenvalue weighted by atomic mass is 9.96. The average Bonchev–Trinajstić information content (AvgIpc) is 2.39. The quantitative estimate of drug-likeness (QED) is 0.810. The van der Waals surface area contributed by atoms with Gasteiger partial charge in [0, 0.05) is 22.7 Å². The fourth-order valence-electron chi connectivity index (χ4n) is 2.16. The predicted octanol–water partition coefficient (Wildman–Crippen LogP) is 3.43. The molecule has 0 fully saturated rings. The minimum Gasteiger partial charge on any atom is -0.294 e. The molecule has 4 heteroatoms. The lowest BCUT2D eigenvalue weighted by Gasteiger charge is -2.13. The fraction of sp³-hybridized carbons (Fsp3) is 0.214. The highest BCUT2D eigenvalue weighted by molar-refractivity contribution is 9.10. The summed E-state index contributed by atoms with van der Waals surface area (Å²) in [5, 5.41) is 0. The van der Waals surface area contributed by atoms with Gasteiger partial charge in [-0.15, -0.1) is 0 Å². The standard InChI is InChI=1S/C14H11BrN2O/c15-10-4-1-3-9(7-10)14-16-8-11-12(17-14)5-2-6-13(11)18/h1,3-4,7-8H,2,5-6H2. The molecule has 3 nitrogen and oxygen atoms in total. The van der Waals surface area contributed by atoms with Crippen LogP contribution in [0.25, 0.3) is 11.4 Å². The molecule has 1 aliphatic rings. The predicted molar refractivity (Wildman–Crippen MR) is 72.4 cm³/mol. The van der Waals surface area contributed by atoms with Gasteiger partial charge in [0.15, 0.2) is 11.6 Å². The van der Waals surface area contributed by atoms with Crippen LogP contribution in [0.15, 0.2) is 34.9 Å². The lowest BCUT2D eigenvalue weighted by Crippen LogP contribution is -2.13. The van der Waals surface area contributed by atoms with Crippen molar-refractivity contribution in [1.29, 1.82) is 0 Å². The summed E-state index contributed by atoms with van der Waals surface area (Å²) >= 11 is 3.43. The van der Waals surface area contributed by atoms with Gasteiger partial charge in [0.1, 0.15) is 0 Å².